The fourth-order valence-electron chi connectivity index (χ4n) is 3.91. The molecule has 2 aliphatic heterocycles. The number of allylic oxidation sites excluding steroid dienone is 1. The van der Waals surface area contributed by atoms with Crippen LogP contribution in [0, 0.1) is 11.3 Å². The van der Waals surface area contributed by atoms with E-state index < -0.39 is 11.6 Å². The van der Waals surface area contributed by atoms with Gasteiger partial charge in [-0.25, -0.2) is 0 Å². The number of rotatable bonds is 4. The van der Waals surface area contributed by atoms with Gasteiger partial charge in [0, 0.05) is 22.9 Å². The largest absolute Gasteiger partial charge is 0.493 e. The topological polar surface area (TPSA) is 82.8 Å². The van der Waals surface area contributed by atoms with Gasteiger partial charge < -0.3 is 14.6 Å². The molecule has 0 unspecified atom stereocenters. The number of thioether (sulfide) groups is 1. The second kappa shape index (κ2) is 7.88. The summed E-state index contributed by atoms with van der Waals surface area (Å²) in [6, 6.07) is 14.4. The lowest BCUT2D eigenvalue weighted by Gasteiger charge is -2.38. The fraction of sp³-hybridized carbons (Fsp3) is 0.273. The zero-order valence-corrected chi connectivity index (χ0v) is 18.0. The molecule has 2 aliphatic rings. The van der Waals surface area contributed by atoms with E-state index in [-0.39, 0.29) is 18.1 Å². The van der Waals surface area contributed by atoms with Crippen molar-refractivity contribution < 1.29 is 19.4 Å². The smallest absolute Gasteiger partial charge is 0.231 e. The SMILES string of the molecule is COc1ccc([C@@H]2CC(=O)N3C(=C2C#N)SC[C@]3(O)c2ccc(Cl)cc2)cc1OC. The van der Waals surface area contributed by atoms with Gasteiger partial charge in [-0.05, 0) is 29.8 Å². The number of aliphatic hydroxyl groups is 1. The van der Waals surface area contributed by atoms with Crippen LogP contribution in [-0.4, -0.2) is 35.9 Å². The van der Waals surface area contributed by atoms with E-state index in [1.54, 1.807) is 43.5 Å². The van der Waals surface area contributed by atoms with Crippen molar-refractivity contribution in [3.63, 3.8) is 0 Å². The molecule has 2 atom stereocenters. The Bertz CT molecular complexity index is 1080. The fourth-order valence-corrected chi connectivity index (χ4v) is 5.39. The van der Waals surface area contributed by atoms with Gasteiger partial charge in [0.15, 0.2) is 17.2 Å². The lowest BCUT2D eigenvalue weighted by atomic mass is 9.85. The normalized spacial score (nSPS) is 23.2. The second-order valence-corrected chi connectivity index (χ2v) is 8.44. The number of hydrogen-bond acceptors (Lipinski definition) is 6. The van der Waals surface area contributed by atoms with Crippen LogP contribution in [-0.2, 0) is 10.5 Å². The molecular weight excluding hydrogens is 424 g/mol. The van der Waals surface area contributed by atoms with Gasteiger partial charge in [0.2, 0.25) is 5.91 Å². The number of carbonyl (C=O) groups is 1. The van der Waals surface area contributed by atoms with E-state index in [1.807, 2.05) is 6.07 Å². The van der Waals surface area contributed by atoms with Crippen molar-refractivity contribution in [3.8, 4) is 17.6 Å². The van der Waals surface area contributed by atoms with Crippen molar-refractivity contribution in [1.82, 2.24) is 4.90 Å². The summed E-state index contributed by atoms with van der Waals surface area (Å²) in [5.41, 5.74) is 0.278. The van der Waals surface area contributed by atoms with Crippen LogP contribution < -0.4 is 9.47 Å². The number of fused-ring (bicyclic) bond motifs is 1. The average molecular weight is 443 g/mol. The highest BCUT2D eigenvalue weighted by Gasteiger charge is 2.51. The summed E-state index contributed by atoms with van der Waals surface area (Å²) < 4.78 is 10.7. The first-order chi connectivity index (χ1) is 14.4. The summed E-state index contributed by atoms with van der Waals surface area (Å²) in [6.45, 7) is 0. The Morgan fingerprint density at radius 3 is 2.53 bits per heavy atom. The van der Waals surface area contributed by atoms with Gasteiger partial charge >= 0.3 is 0 Å². The molecule has 2 aromatic rings. The maximum atomic E-state index is 13.2. The molecule has 154 valence electrons. The Morgan fingerprint density at radius 2 is 1.90 bits per heavy atom. The summed E-state index contributed by atoms with van der Waals surface area (Å²) >= 11 is 7.28. The highest BCUT2D eigenvalue weighted by atomic mass is 35.5. The maximum Gasteiger partial charge on any atom is 0.231 e. The Labute approximate surface area is 183 Å². The lowest BCUT2D eigenvalue weighted by Crippen LogP contribution is -2.48. The van der Waals surface area contributed by atoms with Crippen LogP contribution in [0.1, 0.15) is 23.5 Å². The van der Waals surface area contributed by atoms with E-state index >= 15 is 0 Å². The van der Waals surface area contributed by atoms with Gasteiger partial charge in [-0.1, -0.05) is 29.8 Å². The predicted molar refractivity (Wildman–Crippen MR) is 114 cm³/mol. The zero-order chi connectivity index (χ0) is 21.5. The average Bonchev–Trinajstić information content (AvgIpc) is 3.12. The minimum absolute atomic E-state index is 0.0678. The quantitative estimate of drug-likeness (QED) is 0.770. The third kappa shape index (κ3) is 3.21. The molecule has 1 amide bonds. The first kappa shape index (κ1) is 20.6. The van der Waals surface area contributed by atoms with Crippen molar-refractivity contribution in [1.29, 1.82) is 5.26 Å². The highest BCUT2D eigenvalue weighted by Crippen LogP contribution is 2.52. The third-order valence-corrected chi connectivity index (χ3v) is 6.90. The predicted octanol–water partition coefficient (Wildman–Crippen LogP) is 4.00. The van der Waals surface area contributed by atoms with Crippen LogP contribution in [0.25, 0.3) is 0 Å². The molecule has 1 saturated heterocycles. The molecule has 0 saturated carbocycles. The zero-order valence-electron chi connectivity index (χ0n) is 16.4. The minimum atomic E-state index is -1.52. The monoisotopic (exact) mass is 442 g/mol. The number of methoxy groups -OCH3 is 2. The standard InChI is InChI=1S/C22H19ClN2O4S/c1-28-18-8-3-13(9-19(18)29-2)16-10-20(26)25-21(17(16)11-24)30-12-22(25,27)14-4-6-15(23)7-5-14/h3-9,16,27H,10,12H2,1-2H3/t16-,22-/m0/s1. The Balaban J connectivity index is 1.78. The first-order valence-electron chi connectivity index (χ1n) is 9.23. The molecule has 6 nitrogen and oxygen atoms in total. The van der Waals surface area contributed by atoms with Crippen LogP contribution >= 0.6 is 23.4 Å². The maximum absolute atomic E-state index is 13.2. The van der Waals surface area contributed by atoms with Crippen LogP contribution in [0.3, 0.4) is 0 Å². The molecule has 0 spiro atoms. The molecule has 1 N–H and O–H groups in total. The van der Waals surface area contributed by atoms with Crippen molar-refractivity contribution in [2.45, 2.75) is 18.1 Å². The van der Waals surface area contributed by atoms with E-state index in [9.17, 15) is 15.2 Å². The second-order valence-electron chi connectivity index (χ2n) is 7.04. The molecule has 1 fully saturated rings. The lowest BCUT2D eigenvalue weighted by molar-refractivity contribution is -0.149. The molecule has 0 bridgehead atoms. The van der Waals surface area contributed by atoms with E-state index in [1.165, 1.54) is 23.8 Å². The molecule has 30 heavy (non-hydrogen) atoms. The van der Waals surface area contributed by atoms with Gasteiger partial charge in [0.1, 0.15) is 0 Å². The van der Waals surface area contributed by atoms with Crippen LogP contribution in [0.5, 0.6) is 11.5 Å². The Kier molecular flexibility index (Phi) is 5.41. The van der Waals surface area contributed by atoms with Gasteiger partial charge in [-0.3, -0.25) is 9.69 Å². The van der Waals surface area contributed by atoms with Crippen LogP contribution in [0.15, 0.2) is 53.1 Å². The summed E-state index contributed by atoms with van der Waals surface area (Å²) in [6.07, 6.45) is 0.0678. The number of nitrogens with zero attached hydrogens (tertiary/aromatic N) is 2. The molecule has 4 rings (SSSR count). The number of nitriles is 1. The summed E-state index contributed by atoms with van der Waals surface area (Å²) in [5.74, 6) is 0.673. The van der Waals surface area contributed by atoms with Crippen molar-refractivity contribution >= 4 is 29.3 Å². The molecular formula is C22H19ClN2O4S. The van der Waals surface area contributed by atoms with Crippen molar-refractivity contribution in [2.75, 3.05) is 20.0 Å². The molecule has 0 aliphatic carbocycles. The number of halogens is 1. The van der Waals surface area contributed by atoms with Gasteiger partial charge in [-0.15, -0.1) is 11.8 Å². The summed E-state index contributed by atoms with van der Waals surface area (Å²) in [7, 11) is 3.09. The van der Waals surface area contributed by atoms with Gasteiger partial charge in [0.25, 0.3) is 0 Å². The van der Waals surface area contributed by atoms with E-state index in [2.05, 4.69) is 6.07 Å². The number of carbonyl (C=O) groups excluding carboxylic acids is 1. The van der Waals surface area contributed by atoms with Crippen molar-refractivity contribution in [3.05, 3.63) is 69.2 Å². The molecule has 2 aromatic carbocycles. The number of ether oxygens (including phenoxy) is 2. The molecule has 2 heterocycles. The van der Waals surface area contributed by atoms with E-state index in [4.69, 9.17) is 21.1 Å². The molecule has 8 heteroatoms. The Morgan fingerprint density at radius 1 is 1.20 bits per heavy atom. The third-order valence-electron chi connectivity index (χ3n) is 5.43. The van der Waals surface area contributed by atoms with Gasteiger partial charge in [-0.2, -0.15) is 5.26 Å². The number of hydrogen-bond donors (Lipinski definition) is 1. The summed E-state index contributed by atoms with van der Waals surface area (Å²) in [5, 5.41) is 22.4. The van der Waals surface area contributed by atoms with E-state index in [0.717, 1.165) is 5.56 Å². The minimum Gasteiger partial charge on any atom is -0.493 e. The van der Waals surface area contributed by atoms with E-state index in [0.29, 0.717) is 32.7 Å². The van der Waals surface area contributed by atoms with Crippen LogP contribution in [0.2, 0.25) is 5.02 Å². The number of amides is 1. The molecule has 0 aromatic heterocycles. The van der Waals surface area contributed by atoms with Crippen molar-refractivity contribution in [2.24, 2.45) is 0 Å². The Hall–Kier alpha value is -2.66. The molecule has 0 radical (unpaired) electrons. The number of benzene rings is 2. The van der Waals surface area contributed by atoms with Gasteiger partial charge in [0.05, 0.1) is 36.6 Å². The summed E-state index contributed by atoms with van der Waals surface area (Å²) in [4.78, 5) is 14.5. The van der Waals surface area contributed by atoms with Crippen LogP contribution in [0.4, 0.5) is 0 Å². The first-order valence-corrected chi connectivity index (χ1v) is 10.6. The highest BCUT2D eigenvalue weighted by molar-refractivity contribution is 8.03.